The van der Waals surface area contributed by atoms with Crippen LogP contribution < -0.4 is 15.4 Å². The summed E-state index contributed by atoms with van der Waals surface area (Å²) in [6.07, 6.45) is 0. The van der Waals surface area contributed by atoms with Crippen molar-refractivity contribution in [1.82, 2.24) is 10.6 Å². The quantitative estimate of drug-likeness (QED) is 0.856. The van der Waals surface area contributed by atoms with E-state index in [-0.39, 0.29) is 23.6 Å². The van der Waals surface area contributed by atoms with Gasteiger partial charge in [0.15, 0.2) is 0 Å². The summed E-state index contributed by atoms with van der Waals surface area (Å²) in [7, 11) is 0. The van der Waals surface area contributed by atoms with Crippen LogP contribution in [0.2, 0.25) is 0 Å². The first-order chi connectivity index (χ1) is 9.08. The lowest BCUT2D eigenvalue weighted by Crippen LogP contribution is -2.51. The maximum absolute atomic E-state index is 12.3. The Morgan fingerprint density at radius 1 is 1.42 bits per heavy atom. The number of amides is 1. The molecule has 1 aromatic rings. The third-order valence-corrected chi connectivity index (χ3v) is 3.11. The van der Waals surface area contributed by atoms with Gasteiger partial charge in [-0.05, 0) is 13.0 Å². The number of carbonyl (C=O) groups is 1. The molecule has 1 amide bonds. The van der Waals surface area contributed by atoms with E-state index in [9.17, 15) is 13.6 Å². The van der Waals surface area contributed by atoms with Gasteiger partial charge < -0.3 is 15.4 Å². The van der Waals surface area contributed by atoms with Crippen LogP contribution in [0.1, 0.15) is 18.5 Å². The molecule has 0 radical (unpaired) electrons. The average molecular weight is 270 g/mol. The lowest BCUT2D eigenvalue weighted by Gasteiger charge is -2.28. The first-order valence-corrected chi connectivity index (χ1v) is 6.12. The van der Waals surface area contributed by atoms with Crippen LogP contribution in [0.15, 0.2) is 24.3 Å². The largest absolute Gasteiger partial charge is 0.434 e. The van der Waals surface area contributed by atoms with Crippen molar-refractivity contribution < 1.29 is 18.3 Å². The molecular formula is C13H16F2N2O2. The summed E-state index contributed by atoms with van der Waals surface area (Å²) in [5.74, 6) is -0.0132. The zero-order chi connectivity index (χ0) is 13.8. The molecule has 1 fully saturated rings. The number of alkyl halides is 2. The molecule has 1 atom stereocenters. The highest BCUT2D eigenvalue weighted by Gasteiger charge is 2.26. The van der Waals surface area contributed by atoms with Gasteiger partial charge in [-0.15, -0.1) is 0 Å². The second-order valence-electron chi connectivity index (χ2n) is 4.50. The topological polar surface area (TPSA) is 50.4 Å². The molecule has 0 bridgehead atoms. The Morgan fingerprint density at radius 3 is 2.68 bits per heavy atom. The molecule has 1 aromatic carbocycles. The van der Waals surface area contributed by atoms with Gasteiger partial charge in [0, 0.05) is 18.7 Å². The second-order valence-corrected chi connectivity index (χ2v) is 4.50. The molecule has 4 nitrogen and oxygen atoms in total. The van der Waals surface area contributed by atoms with Gasteiger partial charge in [-0.25, -0.2) is 0 Å². The van der Waals surface area contributed by atoms with E-state index < -0.39 is 6.61 Å². The number of hydrogen-bond donors (Lipinski definition) is 2. The van der Waals surface area contributed by atoms with Crippen LogP contribution in [0.3, 0.4) is 0 Å². The zero-order valence-corrected chi connectivity index (χ0v) is 10.5. The van der Waals surface area contributed by atoms with Gasteiger partial charge in [0.2, 0.25) is 5.91 Å². The van der Waals surface area contributed by atoms with Crippen molar-refractivity contribution in [2.24, 2.45) is 5.92 Å². The summed E-state index contributed by atoms with van der Waals surface area (Å²) < 4.78 is 29.1. The molecule has 1 aliphatic rings. The SMILES string of the molecule is CC(NC(=O)C1CNC1)c1ccccc1OC(F)F. The first-order valence-electron chi connectivity index (χ1n) is 6.12. The van der Waals surface area contributed by atoms with Crippen molar-refractivity contribution in [2.75, 3.05) is 13.1 Å². The number of nitrogens with one attached hydrogen (secondary N) is 2. The van der Waals surface area contributed by atoms with E-state index in [0.29, 0.717) is 18.7 Å². The Kier molecular flexibility index (Phi) is 4.31. The van der Waals surface area contributed by atoms with Gasteiger partial charge in [-0.1, -0.05) is 18.2 Å². The van der Waals surface area contributed by atoms with Gasteiger partial charge in [0.1, 0.15) is 5.75 Å². The van der Waals surface area contributed by atoms with Gasteiger partial charge in [0.25, 0.3) is 0 Å². The number of carbonyl (C=O) groups excluding carboxylic acids is 1. The monoisotopic (exact) mass is 270 g/mol. The minimum Gasteiger partial charge on any atom is -0.434 e. The van der Waals surface area contributed by atoms with Gasteiger partial charge in [-0.2, -0.15) is 8.78 Å². The van der Waals surface area contributed by atoms with Crippen LogP contribution in [0.4, 0.5) is 8.78 Å². The summed E-state index contributed by atoms with van der Waals surface area (Å²) in [6.45, 7) is 0.193. The maximum Gasteiger partial charge on any atom is 0.387 e. The van der Waals surface area contributed by atoms with Crippen LogP contribution in [-0.2, 0) is 4.79 Å². The number of rotatable bonds is 5. The minimum absolute atomic E-state index is 0.0365. The Morgan fingerprint density at radius 2 is 2.11 bits per heavy atom. The van der Waals surface area contributed by atoms with Crippen molar-refractivity contribution in [3.8, 4) is 5.75 Å². The highest BCUT2D eigenvalue weighted by atomic mass is 19.3. The lowest BCUT2D eigenvalue weighted by atomic mass is 10.0. The summed E-state index contributed by atoms with van der Waals surface area (Å²) >= 11 is 0. The van der Waals surface area contributed by atoms with E-state index in [1.54, 1.807) is 25.1 Å². The van der Waals surface area contributed by atoms with Crippen LogP contribution in [0.25, 0.3) is 0 Å². The maximum atomic E-state index is 12.3. The molecule has 1 unspecified atom stereocenters. The molecule has 2 N–H and O–H groups in total. The van der Waals surface area contributed by atoms with Crippen molar-refractivity contribution >= 4 is 5.91 Å². The van der Waals surface area contributed by atoms with Crippen molar-refractivity contribution in [2.45, 2.75) is 19.6 Å². The fourth-order valence-electron chi connectivity index (χ4n) is 1.92. The third-order valence-electron chi connectivity index (χ3n) is 3.11. The summed E-state index contributed by atoms with van der Waals surface area (Å²) in [5, 5.41) is 5.82. The third kappa shape index (κ3) is 3.41. The molecule has 1 aliphatic heterocycles. The van der Waals surface area contributed by atoms with Crippen LogP contribution >= 0.6 is 0 Å². The molecule has 6 heteroatoms. The molecule has 0 spiro atoms. The van der Waals surface area contributed by atoms with Gasteiger partial charge >= 0.3 is 6.61 Å². The van der Waals surface area contributed by atoms with E-state index in [4.69, 9.17) is 0 Å². The normalized spacial score (nSPS) is 16.8. The average Bonchev–Trinajstić information content (AvgIpc) is 2.26. The number of benzene rings is 1. The molecule has 19 heavy (non-hydrogen) atoms. The molecule has 104 valence electrons. The molecular weight excluding hydrogens is 254 g/mol. The van der Waals surface area contributed by atoms with Crippen LogP contribution in [-0.4, -0.2) is 25.6 Å². The second kappa shape index (κ2) is 5.97. The molecule has 0 aromatic heterocycles. The highest BCUT2D eigenvalue weighted by Crippen LogP contribution is 2.26. The summed E-state index contributed by atoms with van der Waals surface area (Å²) in [5.41, 5.74) is 0.545. The van der Waals surface area contributed by atoms with Crippen molar-refractivity contribution in [3.63, 3.8) is 0 Å². The standard InChI is InChI=1S/C13H16F2N2O2/c1-8(17-12(18)9-6-16-7-9)10-4-2-3-5-11(10)19-13(14)15/h2-5,8-9,13,16H,6-7H2,1H3,(H,17,18). The fraction of sp³-hybridized carbons (Fsp3) is 0.462. The van der Waals surface area contributed by atoms with Gasteiger partial charge in [-0.3, -0.25) is 4.79 Å². The number of para-hydroxylation sites is 1. The first kappa shape index (κ1) is 13.7. The van der Waals surface area contributed by atoms with E-state index in [1.807, 2.05) is 0 Å². The van der Waals surface area contributed by atoms with E-state index >= 15 is 0 Å². The highest BCUT2D eigenvalue weighted by molar-refractivity contribution is 5.80. The predicted octanol–water partition coefficient (Wildman–Crippen LogP) is 1.68. The van der Waals surface area contributed by atoms with Crippen LogP contribution in [0, 0.1) is 5.92 Å². The zero-order valence-electron chi connectivity index (χ0n) is 10.5. The Hall–Kier alpha value is -1.69. The number of hydrogen-bond acceptors (Lipinski definition) is 3. The van der Waals surface area contributed by atoms with Gasteiger partial charge in [0.05, 0.1) is 12.0 Å². The number of halogens is 2. The molecule has 0 aliphatic carbocycles. The lowest BCUT2D eigenvalue weighted by molar-refractivity contribution is -0.127. The van der Waals surface area contributed by atoms with Crippen LogP contribution in [0.5, 0.6) is 5.75 Å². The Labute approximate surface area is 110 Å². The smallest absolute Gasteiger partial charge is 0.387 e. The van der Waals surface area contributed by atoms with Crippen molar-refractivity contribution in [1.29, 1.82) is 0 Å². The molecule has 1 heterocycles. The molecule has 1 saturated heterocycles. The summed E-state index contributed by atoms with van der Waals surface area (Å²) in [4.78, 5) is 11.8. The van der Waals surface area contributed by atoms with E-state index in [1.165, 1.54) is 6.07 Å². The van der Waals surface area contributed by atoms with E-state index in [2.05, 4.69) is 15.4 Å². The summed E-state index contributed by atoms with van der Waals surface area (Å²) in [6, 6.07) is 6.10. The fourth-order valence-corrected chi connectivity index (χ4v) is 1.92. The van der Waals surface area contributed by atoms with Crippen molar-refractivity contribution in [3.05, 3.63) is 29.8 Å². The van der Waals surface area contributed by atoms with E-state index in [0.717, 1.165) is 0 Å². The molecule has 2 rings (SSSR count). The molecule has 0 saturated carbocycles. The predicted molar refractivity (Wildman–Crippen MR) is 66.0 cm³/mol. The number of ether oxygens (including phenoxy) is 1. The Bertz CT molecular complexity index is 450. The minimum atomic E-state index is -2.88. The Balaban J connectivity index is 2.04.